The molecule has 0 fully saturated rings. The van der Waals surface area contributed by atoms with Crippen LogP contribution in [0.2, 0.25) is 0 Å². The predicted molar refractivity (Wildman–Crippen MR) is 53.1 cm³/mol. The first-order valence-corrected chi connectivity index (χ1v) is 5.31. The third-order valence-corrected chi connectivity index (χ3v) is 2.67. The van der Waals surface area contributed by atoms with Crippen LogP contribution in [0.25, 0.3) is 0 Å². The Kier molecular flexibility index (Phi) is 4.49. The van der Waals surface area contributed by atoms with Crippen LogP contribution in [0.15, 0.2) is 12.4 Å². The maximum absolute atomic E-state index is 12.3. The quantitative estimate of drug-likeness (QED) is 0.865. The predicted octanol–water partition coefficient (Wildman–Crippen LogP) is 2.45. The van der Waals surface area contributed by atoms with Gasteiger partial charge in [-0.2, -0.15) is 26.3 Å². The first-order chi connectivity index (χ1) is 8.53. The Morgan fingerprint density at radius 3 is 2.11 bits per heavy atom. The Morgan fingerprint density at radius 2 is 1.74 bits per heavy atom. The number of alkyl halides is 6. The van der Waals surface area contributed by atoms with Crippen molar-refractivity contribution < 1.29 is 31.4 Å². The van der Waals surface area contributed by atoms with E-state index in [2.05, 4.69) is 4.98 Å². The molecule has 9 heteroatoms. The Bertz CT molecular complexity index is 397. The molecule has 19 heavy (non-hydrogen) atoms. The standard InChI is InChI=1S/C10H12F6N2O/c1-18-5-4-17-7(18)3-2-6(19)8(9(11,12)13)10(14,15)16/h4-6,8,19H,2-3H2,1H3. The number of imidazole rings is 1. The van der Waals surface area contributed by atoms with Crippen molar-refractivity contribution in [3.8, 4) is 0 Å². The molecule has 1 unspecified atom stereocenters. The molecule has 1 aromatic rings. The van der Waals surface area contributed by atoms with Crippen LogP contribution in [0, 0.1) is 5.92 Å². The lowest BCUT2D eigenvalue weighted by molar-refractivity contribution is -0.306. The highest BCUT2D eigenvalue weighted by atomic mass is 19.4. The van der Waals surface area contributed by atoms with Gasteiger partial charge in [0.25, 0.3) is 0 Å². The molecule has 1 aromatic heterocycles. The Morgan fingerprint density at radius 1 is 1.21 bits per heavy atom. The minimum Gasteiger partial charge on any atom is -0.392 e. The molecular formula is C10H12F6N2O. The van der Waals surface area contributed by atoms with Crippen molar-refractivity contribution in [1.29, 1.82) is 0 Å². The number of rotatable bonds is 4. The molecule has 0 aromatic carbocycles. The monoisotopic (exact) mass is 290 g/mol. The lowest BCUT2D eigenvalue weighted by Gasteiger charge is -2.27. The zero-order valence-corrected chi connectivity index (χ0v) is 9.83. The van der Waals surface area contributed by atoms with Gasteiger partial charge in [0.15, 0.2) is 5.92 Å². The Labute approximate surface area is 104 Å². The molecule has 0 bridgehead atoms. The largest absolute Gasteiger partial charge is 0.403 e. The number of aryl methyl sites for hydroxylation is 2. The van der Waals surface area contributed by atoms with Gasteiger partial charge in [-0.25, -0.2) is 4.98 Å². The summed E-state index contributed by atoms with van der Waals surface area (Å²) >= 11 is 0. The highest BCUT2D eigenvalue weighted by molar-refractivity contribution is 4.93. The molecule has 0 radical (unpaired) electrons. The van der Waals surface area contributed by atoms with Crippen molar-refractivity contribution in [2.75, 3.05) is 0 Å². The van der Waals surface area contributed by atoms with Gasteiger partial charge in [-0.15, -0.1) is 0 Å². The van der Waals surface area contributed by atoms with Crippen molar-refractivity contribution >= 4 is 0 Å². The van der Waals surface area contributed by atoms with Crippen LogP contribution >= 0.6 is 0 Å². The van der Waals surface area contributed by atoms with E-state index in [1.54, 1.807) is 7.05 Å². The second-order valence-corrected chi connectivity index (χ2v) is 4.12. The molecule has 0 spiro atoms. The molecular weight excluding hydrogens is 278 g/mol. The van der Waals surface area contributed by atoms with Crippen LogP contribution in [-0.2, 0) is 13.5 Å². The summed E-state index contributed by atoms with van der Waals surface area (Å²) in [6.45, 7) is 0. The zero-order chi connectivity index (χ0) is 14.8. The topological polar surface area (TPSA) is 38.0 Å². The van der Waals surface area contributed by atoms with E-state index in [1.807, 2.05) is 0 Å². The van der Waals surface area contributed by atoms with Gasteiger partial charge in [0, 0.05) is 25.9 Å². The number of aliphatic hydroxyl groups is 1. The summed E-state index contributed by atoms with van der Waals surface area (Å²) in [7, 11) is 1.56. The smallest absolute Gasteiger partial charge is 0.392 e. The van der Waals surface area contributed by atoms with E-state index >= 15 is 0 Å². The maximum atomic E-state index is 12.3. The van der Waals surface area contributed by atoms with Gasteiger partial charge in [0.05, 0.1) is 6.10 Å². The molecule has 1 N–H and O–H groups in total. The minimum atomic E-state index is -5.53. The van der Waals surface area contributed by atoms with E-state index in [-0.39, 0.29) is 6.42 Å². The number of halogens is 6. The lowest BCUT2D eigenvalue weighted by Crippen LogP contribution is -2.45. The summed E-state index contributed by atoms with van der Waals surface area (Å²) in [6, 6.07) is 0. The van der Waals surface area contributed by atoms with Crippen molar-refractivity contribution in [3.05, 3.63) is 18.2 Å². The van der Waals surface area contributed by atoms with Crippen molar-refractivity contribution in [3.63, 3.8) is 0 Å². The molecule has 0 amide bonds. The van der Waals surface area contributed by atoms with Crippen LogP contribution in [0.1, 0.15) is 12.2 Å². The van der Waals surface area contributed by atoms with Gasteiger partial charge in [-0.3, -0.25) is 0 Å². The normalized spacial score (nSPS) is 15.0. The van der Waals surface area contributed by atoms with E-state index in [0.717, 1.165) is 0 Å². The molecule has 1 heterocycles. The fourth-order valence-corrected chi connectivity index (χ4v) is 1.70. The molecule has 1 rings (SSSR count). The summed E-state index contributed by atoms with van der Waals surface area (Å²) in [5.41, 5.74) is 0. The molecule has 110 valence electrons. The third-order valence-electron chi connectivity index (χ3n) is 2.67. The first-order valence-electron chi connectivity index (χ1n) is 5.31. The van der Waals surface area contributed by atoms with Gasteiger partial charge < -0.3 is 9.67 Å². The average molecular weight is 290 g/mol. The molecule has 0 saturated heterocycles. The molecule has 3 nitrogen and oxygen atoms in total. The zero-order valence-electron chi connectivity index (χ0n) is 9.83. The molecule has 0 saturated carbocycles. The Hall–Kier alpha value is -1.25. The second-order valence-electron chi connectivity index (χ2n) is 4.12. The summed E-state index contributed by atoms with van der Waals surface area (Å²) in [6.07, 6.45) is -11.6. The highest BCUT2D eigenvalue weighted by Gasteiger charge is 2.59. The molecule has 0 aliphatic carbocycles. The van der Waals surface area contributed by atoms with Gasteiger partial charge in [0.2, 0.25) is 0 Å². The number of aliphatic hydroxyl groups excluding tert-OH is 1. The van der Waals surface area contributed by atoms with Crippen molar-refractivity contribution in [2.24, 2.45) is 13.0 Å². The summed E-state index contributed by atoms with van der Waals surface area (Å²) < 4.78 is 75.3. The van der Waals surface area contributed by atoms with E-state index in [1.165, 1.54) is 17.0 Å². The van der Waals surface area contributed by atoms with Gasteiger partial charge in [-0.05, 0) is 6.42 Å². The van der Waals surface area contributed by atoms with Gasteiger partial charge >= 0.3 is 12.4 Å². The first kappa shape index (κ1) is 15.8. The van der Waals surface area contributed by atoms with E-state index in [9.17, 15) is 31.4 Å². The number of aromatic nitrogens is 2. The highest BCUT2D eigenvalue weighted by Crippen LogP contribution is 2.42. The fourth-order valence-electron chi connectivity index (χ4n) is 1.70. The second kappa shape index (κ2) is 5.40. The average Bonchev–Trinajstić information content (AvgIpc) is 2.56. The molecule has 1 atom stereocenters. The van der Waals surface area contributed by atoms with Crippen molar-refractivity contribution in [2.45, 2.75) is 31.3 Å². The summed E-state index contributed by atoms with van der Waals surface area (Å²) in [5.74, 6) is -3.43. The summed E-state index contributed by atoms with van der Waals surface area (Å²) in [4.78, 5) is 3.76. The van der Waals surface area contributed by atoms with Gasteiger partial charge in [0.1, 0.15) is 5.82 Å². The fraction of sp³-hybridized carbons (Fsp3) is 0.700. The maximum Gasteiger partial charge on any atom is 0.403 e. The van der Waals surface area contributed by atoms with Crippen LogP contribution in [0.5, 0.6) is 0 Å². The number of hydrogen-bond acceptors (Lipinski definition) is 2. The Balaban J connectivity index is 2.74. The van der Waals surface area contributed by atoms with Crippen LogP contribution in [0.4, 0.5) is 26.3 Å². The van der Waals surface area contributed by atoms with E-state index in [4.69, 9.17) is 0 Å². The minimum absolute atomic E-state index is 0.173. The van der Waals surface area contributed by atoms with E-state index in [0.29, 0.717) is 5.82 Å². The lowest BCUT2D eigenvalue weighted by atomic mass is 9.97. The SMILES string of the molecule is Cn1ccnc1CCC(O)C(C(F)(F)F)C(F)(F)F. The van der Waals surface area contributed by atoms with Crippen molar-refractivity contribution in [1.82, 2.24) is 9.55 Å². The molecule has 0 aliphatic rings. The summed E-state index contributed by atoms with van der Waals surface area (Å²) in [5, 5.41) is 9.19. The van der Waals surface area contributed by atoms with Crippen LogP contribution in [0.3, 0.4) is 0 Å². The van der Waals surface area contributed by atoms with E-state index < -0.39 is 30.8 Å². The third kappa shape index (κ3) is 4.12. The number of nitrogens with zero attached hydrogens (tertiary/aromatic N) is 2. The molecule has 0 aliphatic heterocycles. The number of hydrogen-bond donors (Lipinski definition) is 1. The van der Waals surface area contributed by atoms with Crippen LogP contribution in [-0.4, -0.2) is 33.1 Å². The van der Waals surface area contributed by atoms with Gasteiger partial charge in [-0.1, -0.05) is 0 Å². The van der Waals surface area contributed by atoms with Crippen LogP contribution < -0.4 is 0 Å².